The van der Waals surface area contributed by atoms with E-state index in [-0.39, 0.29) is 34.7 Å². The smallest absolute Gasteiger partial charge is 0.263 e. The number of piperidine rings is 1. The van der Waals surface area contributed by atoms with E-state index >= 15 is 0 Å². The van der Waals surface area contributed by atoms with Crippen molar-refractivity contribution in [1.29, 1.82) is 0 Å². The number of pyridine rings is 1. The highest BCUT2D eigenvalue weighted by molar-refractivity contribution is 7.90. The summed E-state index contributed by atoms with van der Waals surface area (Å²) in [5.74, 6) is -0.213. The summed E-state index contributed by atoms with van der Waals surface area (Å²) in [6.07, 6.45) is 6.54. The lowest BCUT2D eigenvalue weighted by Crippen LogP contribution is -2.44. The molecular weight excluding hydrogens is 328 g/mol. The number of hydrogen-bond acceptors (Lipinski definition) is 4. The second-order valence-electron chi connectivity index (χ2n) is 7.17. The van der Waals surface area contributed by atoms with Gasteiger partial charge in [0.15, 0.2) is 0 Å². The van der Waals surface area contributed by atoms with Gasteiger partial charge in [0, 0.05) is 31.6 Å². The molecule has 3 rings (SSSR count). The lowest BCUT2D eigenvalue weighted by molar-refractivity contribution is 0.0681. The van der Waals surface area contributed by atoms with Crippen molar-refractivity contribution in [1.82, 2.24) is 9.47 Å². The Balaban J connectivity index is 1.84. The number of amides is 1. The highest BCUT2D eigenvalue weighted by Gasteiger charge is 2.31. The van der Waals surface area contributed by atoms with Crippen LogP contribution in [0.1, 0.15) is 47.6 Å². The molecule has 0 bridgehead atoms. The number of carbonyl (C=O) groups is 1. The van der Waals surface area contributed by atoms with Crippen LogP contribution in [-0.4, -0.2) is 48.9 Å². The summed E-state index contributed by atoms with van der Waals surface area (Å²) in [5, 5.41) is 0. The third kappa shape index (κ3) is 3.71. The molecule has 1 saturated carbocycles. The zero-order valence-electron chi connectivity index (χ0n) is 14.2. The van der Waals surface area contributed by atoms with E-state index in [1.54, 1.807) is 22.6 Å². The van der Waals surface area contributed by atoms with Gasteiger partial charge < -0.3 is 9.47 Å². The lowest BCUT2D eigenvalue weighted by atomic mass is 9.99. The number of rotatable bonds is 4. The fourth-order valence-corrected chi connectivity index (χ4v) is 4.64. The van der Waals surface area contributed by atoms with Gasteiger partial charge in [-0.3, -0.25) is 9.59 Å². The Morgan fingerprint density at radius 3 is 2.62 bits per heavy atom. The number of hydrogen-bond donors (Lipinski definition) is 0. The van der Waals surface area contributed by atoms with E-state index in [2.05, 4.69) is 0 Å². The molecule has 2 fully saturated rings. The Hall–Kier alpha value is -1.63. The first-order valence-electron chi connectivity index (χ1n) is 8.45. The van der Waals surface area contributed by atoms with Gasteiger partial charge in [0.2, 0.25) is 0 Å². The van der Waals surface area contributed by atoms with E-state index in [0.29, 0.717) is 18.7 Å². The van der Waals surface area contributed by atoms with E-state index in [1.165, 1.54) is 6.26 Å². The maximum Gasteiger partial charge on any atom is 0.263 e. The van der Waals surface area contributed by atoms with Crippen LogP contribution in [0.25, 0.3) is 0 Å². The van der Waals surface area contributed by atoms with Gasteiger partial charge >= 0.3 is 0 Å². The quantitative estimate of drug-likeness (QED) is 0.820. The average molecular weight is 352 g/mol. The van der Waals surface area contributed by atoms with Gasteiger partial charge in [-0.1, -0.05) is 0 Å². The molecule has 1 unspecified atom stereocenters. The molecule has 132 valence electrons. The van der Waals surface area contributed by atoms with Crippen molar-refractivity contribution in [2.24, 2.45) is 5.92 Å². The number of aromatic nitrogens is 1. The molecule has 0 N–H and O–H groups in total. The molecule has 24 heavy (non-hydrogen) atoms. The molecule has 7 heteroatoms. The SMILES string of the molecule is Cc1ccn(C2CC2)c(=O)c1C(=O)N1CCCC(CS(C)(=O)=O)C1. The fraction of sp³-hybridized carbons (Fsp3) is 0.647. The predicted molar refractivity (Wildman–Crippen MR) is 92.0 cm³/mol. The van der Waals surface area contributed by atoms with Crippen LogP contribution in [0.2, 0.25) is 0 Å². The zero-order chi connectivity index (χ0) is 17.5. The van der Waals surface area contributed by atoms with Crippen molar-refractivity contribution in [2.45, 2.75) is 38.6 Å². The van der Waals surface area contributed by atoms with Gasteiger partial charge in [0.25, 0.3) is 11.5 Å². The average Bonchev–Trinajstić information content (AvgIpc) is 3.30. The Bertz CT molecular complexity index is 808. The molecule has 2 heterocycles. The Morgan fingerprint density at radius 1 is 1.29 bits per heavy atom. The summed E-state index contributed by atoms with van der Waals surface area (Å²) >= 11 is 0. The topological polar surface area (TPSA) is 76.5 Å². The molecule has 1 aliphatic heterocycles. The van der Waals surface area contributed by atoms with Crippen LogP contribution >= 0.6 is 0 Å². The van der Waals surface area contributed by atoms with Crippen molar-refractivity contribution in [3.05, 3.63) is 33.7 Å². The van der Waals surface area contributed by atoms with Crippen LogP contribution in [-0.2, 0) is 9.84 Å². The Kier molecular flexibility index (Phi) is 4.55. The second-order valence-corrected chi connectivity index (χ2v) is 9.35. The van der Waals surface area contributed by atoms with Crippen molar-refractivity contribution in [3.63, 3.8) is 0 Å². The summed E-state index contributed by atoms with van der Waals surface area (Å²) in [4.78, 5) is 27.2. The number of carbonyl (C=O) groups excluding carboxylic acids is 1. The van der Waals surface area contributed by atoms with Crippen molar-refractivity contribution >= 4 is 15.7 Å². The fourth-order valence-electron chi connectivity index (χ4n) is 3.51. The summed E-state index contributed by atoms with van der Waals surface area (Å²) in [6.45, 7) is 2.77. The van der Waals surface area contributed by atoms with Crippen molar-refractivity contribution in [2.75, 3.05) is 25.1 Å². The van der Waals surface area contributed by atoms with E-state index in [9.17, 15) is 18.0 Å². The van der Waals surface area contributed by atoms with Crippen molar-refractivity contribution < 1.29 is 13.2 Å². The molecule has 1 aromatic rings. The van der Waals surface area contributed by atoms with E-state index in [1.807, 2.05) is 6.07 Å². The van der Waals surface area contributed by atoms with E-state index in [0.717, 1.165) is 25.7 Å². The Labute approximate surface area is 142 Å². The standard InChI is InChI=1S/C17H24N2O4S/c1-12-7-9-19(14-5-6-14)17(21)15(12)16(20)18-8-3-4-13(10-18)11-24(2,22)23/h7,9,13-14H,3-6,8,10-11H2,1-2H3. The van der Waals surface area contributed by atoms with Crippen LogP contribution in [0.5, 0.6) is 0 Å². The van der Waals surface area contributed by atoms with Crippen molar-refractivity contribution in [3.8, 4) is 0 Å². The van der Waals surface area contributed by atoms with Gasteiger partial charge in [0.05, 0.1) is 5.75 Å². The molecule has 6 nitrogen and oxygen atoms in total. The van der Waals surface area contributed by atoms with Gasteiger partial charge in [-0.15, -0.1) is 0 Å². The highest BCUT2D eigenvalue weighted by Crippen LogP contribution is 2.33. The highest BCUT2D eigenvalue weighted by atomic mass is 32.2. The molecular formula is C17H24N2O4S. The lowest BCUT2D eigenvalue weighted by Gasteiger charge is -2.32. The number of aryl methyl sites for hydroxylation is 1. The van der Waals surface area contributed by atoms with Crippen LogP contribution in [0.4, 0.5) is 0 Å². The van der Waals surface area contributed by atoms with Crippen LogP contribution in [0.15, 0.2) is 17.1 Å². The number of nitrogens with zero attached hydrogens (tertiary/aromatic N) is 2. The molecule has 1 aliphatic carbocycles. The molecule has 0 radical (unpaired) electrons. The first-order chi connectivity index (χ1) is 11.3. The molecule has 2 aliphatic rings. The maximum absolute atomic E-state index is 12.9. The molecule has 1 aromatic heterocycles. The predicted octanol–water partition coefficient (Wildman–Crippen LogP) is 1.39. The summed E-state index contributed by atoms with van der Waals surface area (Å²) in [5.41, 5.74) is 0.712. The molecule has 1 saturated heterocycles. The zero-order valence-corrected chi connectivity index (χ0v) is 15.0. The van der Waals surface area contributed by atoms with Gasteiger partial charge in [-0.05, 0) is 50.2 Å². The first kappa shape index (κ1) is 17.2. The van der Waals surface area contributed by atoms with E-state index in [4.69, 9.17) is 0 Å². The molecule has 1 amide bonds. The Morgan fingerprint density at radius 2 is 2.00 bits per heavy atom. The normalized spacial score (nSPS) is 21.8. The minimum Gasteiger partial charge on any atom is -0.338 e. The number of sulfone groups is 1. The van der Waals surface area contributed by atoms with Gasteiger partial charge in [0.1, 0.15) is 15.4 Å². The first-order valence-corrected chi connectivity index (χ1v) is 10.5. The van der Waals surface area contributed by atoms with Gasteiger partial charge in [-0.2, -0.15) is 0 Å². The number of likely N-dealkylation sites (tertiary alicyclic amines) is 1. The van der Waals surface area contributed by atoms with Gasteiger partial charge in [-0.25, -0.2) is 8.42 Å². The second kappa shape index (κ2) is 6.35. The van der Waals surface area contributed by atoms with Crippen LogP contribution < -0.4 is 5.56 Å². The summed E-state index contributed by atoms with van der Waals surface area (Å²) < 4.78 is 24.7. The largest absolute Gasteiger partial charge is 0.338 e. The van der Waals surface area contributed by atoms with Crippen LogP contribution in [0.3, 0.4) is 0 Å². The third-order valence-corrected chi connectivity index (χ3v) is 5.90. The summed E-state index contributed by atoms with van der Waals surface area (Å²) in [7, 11) is -3.07. The molecule has 1 atom stereocenters. The molecule has 0 aromatic carbocycles. The van der Waals surface area contributed by atoms with E-state index < -0.39 is 9.84 Å². The minimum absolute atomic E-state index is 0.0487. The molecule has 0 spiro atoms. The third-order valence-electron chi connectivity index (χ3n) is 4.83. The maximum atomic E-state index is 12.9. The minimum atomic E-state index is -3.07. The van der Waals surface area contributed by atoms with Crippen LogP contribution in [0, 0.1) is 12.8 Å². The monoisotopic (exact) mass is 352 g/mol. The summed E-state index contributed by atoms with van der Waals surface area (Å²) in [6, 6.07) is 2.05.